The molecule has 1 heterocycles. The van der Waals surface area contributed by atoms with Crippen LogP contribution in [0.25, 0.3) is 11.0 Å². The number of aryl methyl sites for hydroxylation is 1. The third-order valence-electron chi connectivity index (χ3n) is 5.94. The molecular formula is C28H26N2O5S. The number of nitriles is 1. The Morgan fingerprint density at radius 1 is 1.03 bits per heavy atom. The van der Waals surface area contributed by atoms with Crippen molar-refractivity contribution in [1.82, 2.24) is 4.31 Å². The van der Waals surface area contributed by atoms with Crippen LogP contribution < -0.4 is 0 Å². The monoisotopic (exact) mass is 502 g/mol. The van der Waals surface area contributed by atoms with Crippen molar-refractivity contribution in [3.05, 3.63) is 101 Å². The molecule has 0 radical (unpaired) electrons. The maximum Gasteiger partial charge on any atom is 0.374 e. The highest BCUT2D eigenvalue weighted by molar-refractivity contribution is 7.89. The second-order valence-corrected chi connectivity index (χ2v) is 10.3. The second kappa shape index (κ2) is 10.8. The number of hydrogen-bond donors (Lipinski definition) is 0. The molecule has 7 nitrogen and oxygen atoms in total. The molecule has 1 aromatic heterocycles. The zero-order valence-electron chi connectivity index (χ0n) is 20.1. The number of hydrogen-bond acceptors (Lipinski definition) is 6. The fraction of sp³-hybridized carbons (Fsp3) is 0.214. The van der Waals surface area contributed by atoms with Gasteiger partial charge < -0.3 is 9.15 Å². The quantitative estimate of drug-likeness (QED) is 0.291. The number of sulfonamides is 1. The number of fused-ring (bicyclic) bond motifs is 1. The van der Waals surface area contributed by atoms with E-state index in [1.54, 1.807) is 50.2 Å². The largest absolute Gasteiger partial charge is 0.460 e. The molecule has 4 rings (SSSR count). The van der Waals surface area contributed by atoms with Gasteiger partial charge in [0.15, 0.2) is 0 Å². The number of benzene rings is 3. The minimum atomic E-state index is -3.90. The predicted octanol–water partition coefficient (Wildman–Crippen LogP) is 5.22. The number of carbonyl (C=O) groups excluding carboxylic acids is 1. The van der Waals surface area contributed by atoms with Gasteiger partial charge in [0, 0.05) is 24.0 Å². The summed E-state index contributed by atoms with van der Waals surface area (Å²) in [5.74, 6) is -0.513. The molecule has 0 atom stereocenters. The van der Waals surface area contributed by atoms with Crippen LogP contribution in [0.1, 0.15) is 39.7 Å². The Bertz CT molecular complexity index is 1520. The standard InChI is InChI=1S/C28H26N2O5S/c1-3-34-28(31)27-20(2)25-17-24(13-14-26(25)35-27)36(32,33)30(16-15-21-7-5-4-6-8-21)19-23-11-9-22(18-29)10-12-23/h4-14,17H,3,15-16,19H2,1-2H3. The summed E-state index contributed by atoms with van der Waals surface area (Å²) >= 11 is 0. The van der Waals surface area contributed by atoms with Gasteiger partial charge in [0.05, 0.1) is 23.1 Å². The molecule has 0 N–H and O–H groups in total. The van der Waals surface area contributed by atoms with Crippen molar-refractivity contribution in [2.24, 2.45) is 0 Å². The summed E-state index contributed by atoms with van der Waals surface area (Å²) in [6.07, 6.45) is 0.538. The summed E-state index contributed by atoms with van der Waals surface area (Å²) in [6, 6.07) is 23.2. The third-order valence-corrected chi connectivity index (χ3v) is 7.78. The Kier molecular flexibility index (Phi) is 7.53. The van der Waals surface area contributed by atoms with Crippen molar-refractivity contribution < 1.29 is 22.4 Å². The van der Waals surface area contributed by atoms with E-state index in [-0.39, 0.29) is 30.4 Å². The Morgan fingerprint density at radius 2 is 1.75 bits per heavy atom. The van der Waals surface area contributed by atoms with Crippen LogP contribution in [0, 0.1) is 18.3 Å². The molecule has 36 heavy (non-hydrogen) atoms. The summed E-state index contributed by atoms with van der Waals surface area (Å²) in [6.45, 7) is 4.04. The molecule has 184 valence electrons. The minimum absolute atomic E-state index is 0.0694. The van der Waals surface area contributed by atoms with Gasteiger partial charge in [0.1, 0.15) is 5.58 Å². The molecule has 0 saturated carbocycles. The first-order chi connectivity index (χ1) is 17.3. The summed E-state index contributed by atoms with van der Waals surface area (Å²) in [7, 11) is -3.90. The van der Waals surface area contributed by atoms with Crippen molar-refractivity contribution in [2.75, 3.05) is 13.2 Å². The first-order valence-corrected chi connectivity index (χ1v) is 13.0. The van der Waals surface area contributed by atoms with E-state index < -0.39 is 16.0 Å². The van der Waals surface area contributed by atoms with Gasteiger partial charge in [-0.25, -0.2) is 13.2 Å². The van der Waals surface area contributed by atoms with E-state index in [2.05, 4.69) is 6.07 Å². The second-order valence-electron chi connectivity index (χ2n) is 8.32. The molecule has 4 aromatic rings. The first kappa shape index (κ1) is 25.2. The molecular weight excluding hydrogens is 476 g/mol. The fourth-order valence-electron chi connectivity index (χ4n) is 3.97. The molecule has 0 bridgehead atoms. The van der Waals surface area contributed by atoms with Gasteiger partial charge >= 0.3 is 5.97 Å². The molecule has 0 aliphatic carbocycles. The van der Waals surface area contributed by atoms with Gasteiger partial charge in [-0.3, -0.25) is 0 Å². The Morgan fingerprint density at radius 3 is 2.42 bits per heavy atom. The minimum Gasteiger partial charge on any atom is -0.460 e. The average Bonchev–Trinajstić information content (AvgIpc) is 3.23. The van der Waals surface area contributed by atoms with Gasteiger partial charge in [0.25, 0.3) is 0 Å². The first-order valence-electron chi connectivity index (χ1n) is 11.6. The van der Waals surface area contributed by atoms with E-state index in [0.717, 1.165) is 11.1 Å². The summed E-state index contributed by atoms with van der Waals surface area (Å²) < 4.78 is 39.8. The van der Waals surface area contributed by atoms with Crippen molar-refractivity contribution in [2.45, 2.75) is 31.7 Å². The van der Waals surface area contributed by atoms with Gasteiger partial charge in [0.2, 0.25) is 15.8 Å². The van der Waals surface area contributed by atoms with E-state index in [1.165, 1.54) is 10.4 Å². The molecule has 0 spiro atoms. The molecule has 0 saturated heterocycles. The molecule has 0 fully saturated rings. The van der Waals surface area contributed by atoms with Crippen LogP contribution in [0.3, 0.4) is 0 Å². The van der Waals surface area contributed by atoms with E-state index in [0.29, 0.717) is 28.5 Å². The highest BCUT2D eigenvalue weighted by atomic mass is 32.2. The highest BCUT2D eigenvalue weighted by Crippen LogP contribution is 2.30. The number of esters is 1. The van der Waals surface area contributed by atoms with Gasteiger partial charge in [-0.15, -0.1) is 0 Å². The summed E-state index contributed by atoms with van der Waals surface area (Å²) in [5.41, 5.74) is 3.25. The van der Waals surface area contributed by atoms with Gasteiger partial charge in [-0.05, 0) is 61.7 Å². The van der Waals surface area contributed by atoms with Crippen LogP contribution in [-0.2, 0) is 27.7 Å². The predicted molar refractivity (Wildman–Crippen MR) is 136 cm³/mol. The molecule has 0 aliphatic heterocycles. The van der Waals surface area contributed by atoms with Crippen molar-refractivity contribution in [1.29, 1.82) is 5.26 Å². The summed E-state index contributed by atoms with van der Waals surface area (Å²) in [5, 5.41) is 9.62. The van der Waals surface area contributed by atoms with Crippen LogP contribution in [0.4, 0.5) is 0 Å². The lowest BCUT2D eigenvalue weighted by Crippen LogP contribution is -2.32. The smallest absolute Gasteiger partial charge is 0.374 e. The van der Waals surface area contributed by atoms with Gasteiger partial charge in [-0.1, -0.05) is 42.5 Å². The Balaban J connectivity index is 1.69. The lowest BCUT2D eigenvalue weighted by molar-refractivity contribution is 0.0491. The maximum atomic E-state index is 13.8. The average molecular weight is 503 g/mol. The number of carbonyl (C=O) groups is 1. The van der Waals surface area contributed by atoms with Crippen LogP contribution >= 0.6 is 0 Å². The number of ether oxygens (including phenoxy) is 1. The van der Waals surface area contributed by atoms with Crippen LogP contribution in [0.2, 0.25) is 0 Å². The van der Waals surface area contributed by atoms with Crippen LogP contribution in [-0.4, -0.2) is 31.8 Å². The Labute approximate surface area is 210 Å². The molecule has 0 aliphatic rings. The van der Waals surface area contributed by atoms with Crippen molar-refractivity contribution in [3.63, 3.8) is 0 Å². The van der Waals surface area contributed by atoms with E-state index in [1.807, 2.05) is 30.3 Å². The molecule has 0 amide bonds. The maximum absolute atomic E-state index is 13.8. The van der Waals surface area contributed by atoms with Gasteiger partial charge in [-0.2, -0.15) is 9.57 Å². The van der Waals surface area contributed by atoms with Crippen LogP contribution in [0.15, 0.2) is 82.1 Å². The molecule has 0 unspecified atom stereocenters. The van der Waals surface area contributed by atoms with Crippen LogP contribution in [0.5, 0.6) is 0 Å². The number of furan rings is 1. The van der Waals surface area contributed by atoms with Crippen molar-refractivity contribution >= 4 is 27.0 Å². The third kappa shape index (κ3) is 5.33. The SMILES string of the molecule is CCOC(=O)c1oc2ccc(S(=O)(=O)N(CCc3ccccc3)Cc3ccc(C#N)cc3)cc2c1C. The topological polar surface area (TPSA) is 101 Å². The highest BCUT2D eigenvalue weighted by Gasteiger charge is 2.27. The fourth-order valence-corrected chi connectivity index (χ4v) is 5.43. The zero-order valence-corrected chi connectivity index (χ0v) is 20.9. The Hall–Kier alpha value is -3.93. The zero-order chi connectivity index (χ0) is 25.7. The lowest BCUT2D eigenvalue weighted by atomic mass is 10.1. The normalized spacial score (nSPS) is 11.5. The number of rotatable bonds is 9. The molecule has 3 aromatic carbocycles. The lowest BCUT2D eigenvalue weighted by Gasteiger charge is -2.23. The van der Waals surface area contributed by atoms with E-state index in [4.69, 9.17) is 14.4 Å². The van der Waals surface area contributed by atoms with E-state index >= 15 is 0 Å². The van der Waals surface area contributed by atoms with E-state index in [9.17, 15) is 13.2 Å². The molecule has 8 heteroatoms. The van der Waals surface area contributed by atoms with Crippen molar-refractivity contribution in [3.8, 4) is 6.07 Å². The summed E-state index contributed by atoms with van der Waals surface area (Å²) in [4.78, 5) is 12.3. The number of nitrogens with zero attached hydrogens (tertiary/aromatic N) is 2.